The van der Waals surface area contributed by atoms with Crippen LogP contribution in [0, 0.1) is 0 Å². The van der Waals surface area contributed by atoms with E-state index in [2.05, 4.69) is 0 Å². The first-order chi connectivity index (χ1) is 13.6. The lowest BCUT2D eigenvalue weighted by Crippen LogP contribution is -2.50. The van der Waals surface area contributed by atoms with Gasteiger partial charge in [-0.1, -0.05) is 0 Å². The first-order valence-electron chi connectivity index (χ1n) is 12.1. The zero-order valence-electron chi connectivity index (χ0n) is 24.6. The third-order valence-corrected chi connectivity index (χ3v) is 2.35. The molecule has 0 aliphatic carbocycles. The molecule has 1 rings (SSSR count). The topological polar surface area (TPSA) is 42.0 Å². The minimum atomic E-state index is -3.78. The number of carbonyl (C=O) groups excluding carboxylic acids is 1. The van der Waals surface area contributed by atoms with Crippen molar-refractivity contribution in [3.8, 4) is 0 Å². The van der Waals surface area contributed by atoms with E-state index < -0.39 is 64.0 Å². The molecule has 5 nitrogen and oxygen atoms in total. The maximum Gasteiger partial charge on any atom is 0.410 e. The summed E-state index contributed by atoms with van der Waals surface area (Å²) in [6.07, 6.45) is -1.71. The molecule has 1 saturated heterocycles. The molecule has 1 aliphatic heterocycles. The minimum Gasteiger partial charge on any atom is -0.444 e. The van der Waals surface area contributed by atoms with Crippen molar-refractivity contribution in [3.05, 3.63) is 0 Å². The van der Waals surface area contributed by atoms with Crippen molar-refractivity contribution >= 4 is 14.4 Å². The highest BCUT2D eigenvalue weighted by molar-refractivity contribution is 6.69. The zero-order valence-corrected chi connectivity index (χ0v) is 13.6. The molecule has 0 unspecified atom stereocenters. The van der Waals surface area contributed by atoms with Crippen molar-refractivity contribution in [2.45, 2.75) is 46.0 Å². The number of hydrogen-bond donors (Lipinski definition) is 0. The van der Waals surface area contributed by atoms with Gasteiger partial charge >= 0.3 is 6.09 Å². The zero-order chi connectivity index (χ0) is 26.1. The first-order valence-corrected chi connectivity index (χ1v) is 9.52. The van der Waals surface area contributed by atoms with Crippen molar-refractivity contribution in [2.24, 2.45) is 0 Å². The molecule has 0 aromatic rings. The van der Waals surface area contributed by atoms with E-state index in [9.17, 15) is 4.79 Å². The molecular formula is C14H30N2O3Si. The highest BCUT2D eigenvalue weighted by Crippen LogP contribution is 2.12. The fourth-order valence-corrected chi connectivity index (χ4v) is 1.28. The summed E-state index contributed by atoms with van der Waals surface area (Å²) < 4.78 is 109. The maximum absolute atomic E-state index is 12.6. The molecule has 0 N–H and O–H groups in total. The Morgan fingerprint density at radius 3 is 2.25 bits per heavy atom. The standard InChI is InChI=1S/C14H30N2O3Si/c1-14(2,3)19-13(17)16-9-7-15(8-10-16)11-12-18-20(4,5)6/h7-12H2,1-6H3/i7D2,8D2,9D2,10D2,11D2,12D2. The number of ether oxygens (including phenoxy) is 1. The third kappa shape index (κ3) is 7.26. The number of amides is 1. The summed E-state index contributed by atoms with van der Waals surface area (Å²) in [5.74, 6) is 0. The second kappa shape index (κ2) is 6.91. The van der Waals surface area contributed by atoms with E-state index in [1.165, 1.54) is 40.4 Å². The van der Waals surface area contributed by atoms with E-state index in [1.807, 2.05) is 0 Å². The van der Waals surface area contributed by atoms with E-state index in [0.717, 1.165) is 0 Å². The normalized spacial score (nSPS) is 38.6. The van der Waals surface area contributed by atoms with Crippen molar-refractivity contribution in [2.75, 3.05) is 39.0 Å². The fourth-order valence-electron chi connectivity index (χ4n) is 0.932. The number of hydrogen-bond acceptors (Lipinski definition) is 4. The largest absolute Gasteiger partial charge is 0.444 e. The Hall–Kier alpha value is -0.593. The predicted octanol–water partition coefficient (Wildman–Crippen LogP) is 2.39. The van der Waals surface area contributed by atoms with Crippen LogP contribution in [0.4, 0.5) is 4.79 Å². The lowest BCUT2D eigenvalue weighted by atomic mass is 10.2. The summed E-state index contributed by atoms with van der Waals surface area (Å²) in [5, 5.41) is 0. The molecule has 0 saturated carbocycles. The molecule has 0 aromatic carbocycles. The second-order valence-electron chi connectivity index (χ2n) is 6.03. The number of nitrogens with zero attached hydrogens (tertiary/aromatic N) is 2. The molecule has 1 aliphatic rings. The van der Waals surface area contributed by atoms with Crippen molar-refractivity contribution in [3.63, 3.8) is 0 Å². The second-order valence-corrected chi connectivity index (χ2v) is 10.5. The Kier molecular flexibility index (Phi) is 2.30. The van der Waals surface area contributed by atoms with Crippen LogP contribution in [0.3, 0.4) is 0 Å². The number of piperazine rings is 1. The summed E-state index contributed by atoms with van der Waals surface area (Å²) in [4.78, 5) is 11.8. The molecule has 6 heteroatoms. The highest BCUT2D eigenvalue weighted by Gasteiger charge is 2.25. The molecule has 20 heavy (non-hydrogen) atoms. The minimum absolute atomic E-state index is 0.382. The van der Waals surface area contributed by atoms with Gasteiger partial charge in [0.2, 0.25) is 0 Å². The molecule has 0 spiro atoms. The van der Waals surface area contributed by atoms with Gasteiger partial charge in [-0.05, 0) is 40.4 Å². The maximum atomic E-state index is 12.6. The van der Waals surface area contributed by atoms with Crippen LogP contribution in [0.1, 0.15) is 37.2 Å². The smallest absolute Gasteiger partial charge is 0.410 e. The molecule has 1 heterocycles. The molecule has 1 amide bonds. The van der Waals surface area contributed by atoms with E-state index in [0.29, 0.717) is 0 Å². The van der Waals surface area contributed by atoms with Crippen molar-refractivity contribution in [1.29, 1.82) is 0 Å². The van der Waals surface area contributed by atoms with Crippen LogP contribution < -0.4 is 0 Å². The van der Waals surface area contributed by atoms with Crippen LogP contribution in [0.15, 0.2) is 0 Å². The first kappa shape index (κ1) is 6.67. The molecule has 0 bridgehead atoms. The number of carbonyl (C=O) groups is 1. The predicted molar refractivity (Wildman–Crippen MR) is 83.5 cm³/mol. The quantitative estimate of drug-likeness (QED) is 0.747. The van der Waals surface area contributed by atoms with Crippen LogP contribution in [0.5, 0.6) is 0 Å². The average molecular weight is 315 g/mol. The van der Waals surface area contributed by atoms with Crippen LogP contribution in [0.2, 0.25) is 19.6 Å². The van der Waals surface area contributed by atoms with E-state index in [1.54, 1.807) is 0 Å². The Morgan fingerprint density at radius 1 is 1.25 bits per heavy atom. The molecular weight excluding hydrogens is 272 g/mol. The summed E-state index contributed by atoms with van der Waals surface area (Å²) in [7, 11) is -2.85. The third-order valence-electron chi connectivity index (χ3n) is 1.64. The van der Waals surface area contributed by atoms with Gasteiger partial charge in [-0.25, -0.2) is 4.79 Å². The monoisotopic (exact) mass is 314 g/mol. The van der Waals surface area contributed by atoms with Gasteiger partial charge in [0.1, 0.15) is 5.60 Å². The van der Waals surface area contributed by atoms with Gasteiger partial charge in [-0.2, -0.15) is 0 Å². The molecule has 0 aromatic heterocycles. The van der Waals surface area contributed by atoms with Crippen LogP contribution in [-0.4, -0.2) is 68.9 Å². The van der Waals surface area contributed by atoms with Gasteiger partial charge in [-0.3, -0.25) is 4.90 Å². The average Bonchev–Trinajstić information content (AvgIpc) is 2.38. The Bertz CT molecular complexity index is 720. The van der Waals surface area contributed by atoms with E-state index in [-0.39, 0.29) is 4.90 Å². The SMILES string of the molecule is [2H]C([2H])(O[Si](C)(C)C)C([2H])([2H])N1C([2H])([2H])C([2H])([2H])N(C(=O)OC(C)(C)C)C([2H])([2H])C1([2H])[2H]. The van der Waals surface area contributed by atoms with Gasteiger partial charge in [0.05, 0.1) is 8.22 Å². The summed E-state index contributed by atoms with van der Waals surface area (Å²) in [5.41, 5.74) is -1.27. The highest BCUT2D eigenvalue weighted by atomic mass is 28.4. The summed E-state index contributed by atoms with van der Waals surface area (Å²) >= 11 is 0. The molecule has 0 atom stereocenters. The molecule has 1 fully saturated rings. The van der Waals surface area contributed by atoms with Gasteiger partial charge in [0.15, 0.2) is 8.32 Å². The molecule has 118 valence electrons. The lowest BCUT2D eigenvalue weighted by molar-refractivity contribution is 0.0136. The Balaban J connectivity index is 3.80. The summed E-state index contributed by atoms with van der Waals surface area (Å²) in [6, 6.07) is 0. The Labute approximate surface area is 141 Å². The van der Waals surface area contributed by atoms with E-state index in [4.69, 9.17) is 25.6 Å². The van der Waals surface area contributed by atoms with Gasteiger partial charge < -0.3 is 14.1 Å². The summed E-state index contributed by atoms with van der Waals surface area (Å²) in [6.45, 7) is -13.4. The van der Waals surface area contributed by atoms with Crippen molar-refractivity contribution < 1.29 is 30.4 Å². The van der Waals surface area contributed by atoms with Gasteiger partial charge in [-0.15, -0.1) is 0 Å². The lowest BCUT2D eigenvalue weighted by Gasteiger charge is -2.35. The van der Waals surface area contributed by atoms with Crippen molar-refractivity contribution in [1.82, 2.24) is 9.80 Å². The fraction of sp³-hybridized carbons (Fsp3) is 0.929. The van der Waals surface area contributed by atoms with Gasteiger partial charge in [0, 0.05) is 47.3 Å². The van der Waals surface area contributed by atoms with Gasteiger partial charge in [0.25, 0.3) is 0 Å². The van der Waals surface area contributed by atoms with Crippen LogP contribution >= 0.6 is 0 Å². The van der Waals surface area contributed by atoms with Crippen LogP contribution in [0.25, 0.3) is 0 Å². The number of rotatable bonds is 4. The Morgan fingerprint density at radius 2 is 1.80 bits per heavy atom. The van der Waals surface area contributed by atoms with Crippen LogP contribution in [-0.2, 0) is 9.16 Å². The molecule has 0 radical (unpaired) electrons. The van der Waals surface area contributed by atoms with E-state index >= 15 is 0 Å².